The highest BCUT2D eigenvalue weighted by molar-refractivity contribution is 6.30. The number of likely N-dealkylation sites (tertiary alicyclic amines) is 1. The van der Waals surface area contributed by atoms with E-state index in [2.05, 4.69) is 12.1 Å². The number of hydrogen-bond acceptors (Lipinski definition) is 2. The number of carbonyl (C=O) groups is 1. The average Bonchev–Trinajstić information content (AvgIpc) is 2.87. The molecule has 2 rings (SSSR count). The van der Waals surface area contributed by atoms with Gasteiger partial charge >= 0.3 is 0 Å². The second-order valence-electron chi connectivity index (χ2n) is 4.96. The summed E-state index contributed by atoms with van der Waals surface area (Å²) in [4.78, 5) is 13.7. The lowest BCUT2D eigenvalue weighted by Crippen LogP contribution is -2.32. The zero-order valence-electron chi connectivity index (χ0n) is 11.3. The van der Waals surface area contributed by atoms with E-state index in [1.807, 2.05) is 24.0 Å². The molecule has 1 aliphatic heterocycles. The molecule has 0 radical (unpaired) electrons. The minimum Gasteiger partial charge on any atom is -0.372 e. The van der Waals surface area contributed by atoms with Crippen molar-refractivity contribution in [2.45, 2.75) is 19.8 Å². The molecule has 0 spiro atoms. The van der Waals surface area contributed by atoms with Crippen LogP contribution in [-0.2, 0) is 16.0 Å². The molecule has 0 saturated carbocycles. The summed E-state index contributed by atoms with van der Waals surface area (Å²) in [5, 5.41) is 0.767. The van der Waals surface area contributed by atoms with Crippen molar-refractivity contribution in [3.8, 4) is 0 Å². The van der Waals surface area contributed by atoms with Gasteiger partial charge in [-0.3, -0.25) is 4.79 Å². The minimum atomic E-state index is 0.112. The fourth-order valence-electron chi connectivity index (χ4n) is 2.46. The number of benzene rings is 1. The first-order chi connectivity index (χ1) is 9.19. The van der Waals surface area contributed by atoms with Crippen molar-refractivity contribution in [3.05, 3.63) is 34.9 Å². The van der Waals surface area contributed by atoms with Gasteiger partial charge in [0.1, 0.15) is 6.61 Å². The molecule has 0 aromatic heterocycles. The zero-order valence-corrected chi connectivity index (χ0v) is 12.0. The van der Waals surface area contributed by atoms with Crippen LogP contribution in [-0.4, -0.2) is 37.1 Å². The maximum atomic E-state index is 11.8. The topological polar surface area (TPSA) is 29.5 Å². The van der Waals surface area contributed by atoms with Gasteiger partial charge in [0, 0.05) is 24.7 Å². The highest BCUT2D eigenvalue weighted by Crippen LogP contribution is 2.21. The Kier molecular flexibility index (Phi) is 5.23. The van der Waals surface area contributed by atoms with E-state index in [4.69, 9.17) is 16.3 Å². The molecule has 19 heavy (non-hydrogen) atoms. The van der Waals surface area contributed by atoms with Crippen LogP contribution >= 0.6 is 11.6 Å². The van der Waals surface area contributed by atoms with Crippen molar-refractivity contribution in [1.82, 2.24) is 4.90 Å². The molecule has 1 amide bonds. The Morgan fingerprint density at radius 3 is 2.84 bits per heavy atom. The summed E-state index contributed by atoms with van der Waals surface area (Å²) in [5.74, 6) is 0.659. The summed E-state index contributed by atoms with van der Waals surface area (Å²) in [7, 11) is 0. The summed E-state index contributed by atoms with van der Waals surface area (Å²) in [6, 6.07) is 7.97. The average molecular weight is 282 g/mol. The van der Waals surface area contributed by atoms with Crippen molar-refractivity contribution >= 4 is 17.5 Å². The summed E-state index contributed by atoms with van der Waals surface area (Å²) in [6.07, 6.45) is 2.08. The maximum absolute atomic E-state index is 11.8. The fourth-order valence-corrected chi connectivity index (χ4v) is 2.59. The van der Waals surface area contributed by atoms with Crippen molar-refractivity contribution in [2.24, 2.45) is 5.92 Å². The minimum absolute atomic E-state index is 0.112. The Morgan fingerprint density at radius 1 is 1.42 bits per heavy atom. The predicted molar refractivity (Wildman–Crippen MR) is 76.3 cm³/mol. The Balaban J connectivity index is 1.81. The highest BCUT2D eigenvalue weighted by Gasteiger charge is 2.26. The molecule has 0 aliphatic carbocycles. The van der Waals surface area contributed by atoms with Crippen LogP contribution in [0.2, 0.25) is 5.02 Å². The molecule has 1 aliphatic rings. The molecule has 3 nitrogen and oxygen atoms in total. The quantitative estimate of drug-likeness (QED) is 0.831. The molecule has 1 unspecified atom stereocenters. The summed E-state index contributed by atoms with van der Waals surface area (Å²) < 4.78 is 5.17. The first-order valence-corrected chi connectivity index (χ1v) is 7.16. The number of nitrogens with zero attached hydrogens (tertiary/aromatic N) is 1. The third kappa shape index (κ3) is 4.22. The van der Waals surface area contributed by atoms with Crippen molar-refractivity contribution in [3.63, 3.8) is 0 Å². The third-order valence-electron chi connectivity index (χ3n) is 3.51. The number of halogens is 1. The molecule has 1 heterocycles. The Hall–Kier alpha value is -1.06. The lowest BCUT2D eigenvalue weighted by molar-refractivity contribution is -0.135. The Labute approximate surface area is 119 Å². The Bertz CT molecular complexity index is 419. The standard InChI is InChI=1S/C15H20ClNO2/c1-2-19-11-15(18)17-8-7-13(10-17)9-12-3-5-14(16)6-4-12/h3-6,13H,2,7-11H2,1H3. The van der Waals surface area contributed by atoms with Gasteiger partial charge in [0.05, 0.1) is 0 Å². The van der Waals surface area contributed by atoms with Crippen LogP contribution in [0.1, 0.15) is 18.9 Å². The van der Waals surface area contributed by atoms with Crippen molar-refractivity contribution in [2.75, 3.05) is 26.3 Å². The van der Waals surface area contributed by atoms with Gasteiger partial charge in [0.15, 0.2) is 0 Å². The van der Waals surface area contributed by atoms with Gasteiger partial charge in [-0.1, -0.05) is 23.7 Å². The second kappa shape index (κ2) is 6.92. The van der Waals surface area contributed by atoms with Crippen LogP contribution in [0.3, 0.4) is 0 Å². The van der Waals surface area contributed by atoms with Crippen molar-refractivity contribution in [1.29, 1.82) is 0 Å². The van der Waals surface area contributed by atoms with E-state index in [-0.39, 0.29) is 12.5 Å². The van der Waals surface area contributed by atoms with Crippen LogP contribution in [0.25, 0.3) is 0 Å². The lowest BCUT2D eigenvalue weighted by atomic mass is 9.99. The SMILES string of the molecule is CCOCC(=O)N1CCC(Cc2ccc(Cl)cc2)C1. The van der Waals surface area contributed by atoms with Crippen LogP contribution in [0.5, 0.6) is 0 Å². The normalized spacial score (nSPS) is 18.8. The van der Waals surface area contributed by atoms with Gasteiger partial charge in [-0.2, -0.15) is 0 Å². The van der Waals surface area contributed by atoms with E-state index in [0.717, 1.165) is 31.0 Å². The molecule has 0 bridgehead atoms. The smallest absolute Gasteiger partial charge is 0.248 e. The molecule has 4 heteroatoms. The predicted octanol–water partition coefficient (Wildman–Crippen LogP) is 2.77. The van der Waals surface area contributed by atoms with Gasteiger partial charge in [-0.25, -0.2) is 0 Å². The number of ether oxygens (including phenoxy) is 1. The maximum Gasteiger partial charge on any atom is 0.248 e. The van der Waals surface area contributed by atoms with Gasteiger partial charge in [0.2, 0.25) is 5.91 Å². The first-order valence-electron chi connectivity index (χ1n) is 6.79. The highest BCUT2D eigenvalue weighted by atomic mass is 35.5. The van der Waals surface area contributed by atoms with Gasteiger partial charge < -0.3 is 9.64 Å². The molecule has 1 aromatic carbocycles. The number of rotatable bonds is 5. The van der Waals surface area contributed by atoms with Gasteiger partial charge in [0.25, 0.3) is 0 Å². The van der Waals surface area contributed by atoms with Crippen LogP contribution in [0.15, 0.2) is 24.3 Å². The zero-order chi connectivity index (χ0) is 13.7. The monoisotopic (exact) mass is 281 g/mol. The molecule has 0 N–H and O–H groups in total. The summed E-state index contributed by atoms with van der Waals surface area (Å²) in [5.41, 5.74) is 1.29. The largest absolute Gasteiger partial charge is 0.372 e. The molecule has 1 saturated heterocycles. The van der Waals surface area contributed by atoms with Crippen molar-refractivity contribution < 1.29 is 9.53 Å². The van der Waals surface area contributed by atoms with E-state index < -0.39 is 0 Å². The van der Waals surface area contributed by atoms with Crippen LogP contribution in [0.4, 0.5) is 0 Å². The van der Waals surface area contributed by atoms with E-state index in [1.165, 1.54) is 5.56 Å². The second-order valence-corrected chi connectivity index (χ2v) is 5.40. The fraction of sp³-hybridized carbons (Fsp3) is 0.533. The molecule has 1 aromatic rings. The van der Waals surface area contributed by atoms with E-state index in [0.29, 0.717) is 12.5 Å². The number of hydrogen-bond donors (Lipinski definition) is 0. The number of amides is 1. The molecular formula is C15H20ClNO2. The van der Waals surface area contributed by atoms with Gasteiger partial charge in [-0.15, -0.1) is 0 Å². The lowest BCUT2D eigenvalue weighted by Gasteiger charge is -2.16. The third-order valence-corrected chi connectivity index (χ3v) is 3.76. The molecule has 1 fully saturated rings. The van der Waals surface area contributed by atoms with E-state index in [1.54, 1.807) is 0 Å². The Morgan fingerprint density at radius 2 is 2.16 bits per heavy atom. The molecular weight excluding hydrogens is 262 g/mol. The van der Waals surface area contributed by atoms with Crippen LogP contribution in [0, 0.1) is 5.92 Å². The van der Waals surface area contributed by atoms with E-state index in [9.17, 15) is 4.79 Å². The first kappa shape index (κ1) is 14.4. The molecule has 1 atom stereocenters. The summed E-state index contributed by atoms with van der Waals surface area (Å²) in [6.45, 7) is 4.40. The van der Waals surface area contributed by atoms with E-state index >= 15 is 0 Å². The van der Waals surface area contributed by atoms with Gasteiger partial charge in [-0.05, 0) is 43.4 Å². The summed E-state index contributed by atoms with van der Waals surface area (Å²) >= 11 is 5.87. The molecule has 104 valence electrons. The number of carbonyl (C=O) groups excluding carboxylic acids is 1. The van der Waals surface area contributed by atoms with Crippen LogP contribution < -0.4 is 0 Å².